The van der Waals surface area contributed by atoms with Gasteiger partial charge in [-0.2, -0.15) is 5.10 Å². The lowest BCUT2D eigenvalue weighted by molar-refractivity contribution is 0.0389. The number of hydrogen-bond acceptors (Lipinski definition) is 4. The van der Waals surface area contributed by atoms with E-state index in [9.17, 15) is 4.39 Å². The van der Waals surface area contributed by atoms with Gasteiger partial charge in [-0.25, -0.2) is 4.39 Å². The molecular formula is C15H21FN4OS. The fourth-order valence-corrected chi connectivity index (χ4v) is 2.23. The maximum Gasteiger partial charge on any atom is 0.187 e. The molecule has 1 saturated heterocycles. The van der Waals surface area contributed by atoms with Gasteiger partial charge in [0.2, 0.25) is 0 Å². The summed E-state index contributed by atoms with van der Waals surface area (Å²) >= 11 is 5.18. The molecular weight excluding hydrogens is 303 g/mol. The molecule has 0 aliphatic carbocycles. The van der Waals surface area contributed by atoms with Gasteiger partial charge < -0.3 is 10.1 Å². The van der Waals surface area contributed by atoms with Crippen LogP contribution in [0.15, 0.2) is 29.4 Å². The monoisotopic (exact) mass is 324 g/mol. The van der Waals surface area contributed by atoms with Crippen LogP contribution in [0, 0.1) is 5.82 Å². The third kappa shape index (κ3) is 5.67. The largest absolute Gasteiger partial charge is 0.379 e. The molecule has 2 rings (SSSR count). The van der Waals surface area contributed by atoms with Crippen LogP contribution in [0.5, 0.6) is 0 Å². The number of nitrogens with zero attached hydrogens (tertiary/aromatic N) is 2. The second-order valence-corrected chi connectivity index (χ2v) is 5.43. The second-order valence-electron chi connectivity index (χ2n) is 5.03. The molecule has 1 aromatic rings. The summed E-state index contributed by atoms with van der Waals surface area (Å²) in [4.78, 5) is 2.33. The summed E-state index contributed by atoms with van der Waals surface area (Å²) in [5.41, 5.74) is 4.40. The quantitative estimate of drug-likeness (QED) is 0.486. The number of ether oxygens (including phenoxy) is 1. The summed E-state index contributed by atoms with van der Waals surface area (Å²) in [7, 11) is 0. The molecule has 1 aromatic carbocycles. The average Bonchev–Trinajstić information content (AvgIpc) is 2.54. The summed E-state index contributed by atoms with van der Waals surface area (Å²) in [5.74, 6) is -0.259. The molecule has 1 aliphatic heterocycles. The standard InChI is InChI=1S/C15H21FN4OS/c1-12(13-2-4-14(16)5-3-13)18-19-15(22)17-6-7-20-8-10-21-11-9-20/h2-5H,6-11H2,1H3,(H2,17,19,22)/b18-12-. The maximum atomic E-state index is 12.9. The van der Waals surface area contributed by atoms with Crippen LogP contribution in [0.3, 0.4) is 0 Å². The van der Waals surface area contributed by atoms with E-state index in [0.29, 0.717) is 5.11 Å². The van der Waals surface area contributed by atoms with Gasteiger partial charge in [-0.1, -0.05) is 12.1 Å². The normalized spacial score (nSPS) is 16.4. The molecule has 0 aromatic heterocycles. The van der Waals surface area contributed by atoms with Crippen LogP contribution in [-0.4, -0.2) is 55.1 Å². The van der Waals surface area contributed by atoms with Crippen molar-refractivity contribution in [1.29, 1.82) is 0 Å². The lowest BCUT2D eigenvalue weighted by Gasteiger charge is -2.26. The first-order valence-electron chi connectivity index (χ1n) is 7.29. The lowest BCUT2D eigenvalue weighted by Crippen LogP contribution is -2.42. The van der Waals surface area contributed by atoms with Crippen LogP contribution in [0.25, 0.3) is 0 Å². The van der Waals surface area contributed by atoms with Gasteiger partial charge in [0.1, 0.15) is 5.82 Å². The van der Waals surface area contributed by atoms with Crippen LogP contribution >= 0.6 is 12.2 Å². The van der Waals surface area contributed by atoms with Crippen molar-refractivity contribution in [3.05, 3.63) is 35.6 Å². The smallest absolute Gasteiger partial charge is 0.187 e. The molecule has 1 fully saturated rings. The first-order chi connectivity index (χ1) is 10.6. The molecule has 0 spiro atoms. The minimum Gasteiger partial charge on any atom is -0.379 e. The highest BCUT2D eigenvalue weighted by Gasteiger charge is 2.09. The fourth-order valence-electron chi connectivity index (χ4n) is 2.08. The van der Waals surface area contributed by atoms with Gasteiger partial charge in [0, 0.05) is 26.2 Å². The number of hydrazone groups is 1. The van der Waals surface area contributed by atoms with E-state index in [1.165, 1.54) is 12.1 Å². The third-order valence-corrected chi connectivity index (χ3v) is 3.64. The molecule has 0 atom stereocenters. The number of benzene rings is 1. The molecule has 5 nitrogen and oxygen atoms in total. The van der Waals surface area contributed by atoms with Gasteiger partial charge in [0.05, 0.1) is 18.9 Å². The van der Waals surface area contributed by atoms with Crippen LogP contribution in [0.2, 0.25) is 0 Å². The minimum atomic E-state index is -0.259. The SMILES string of the molecule is C/C(=N/NC(=S)NCCN1CCOCC1)c1ccc(F)cc1. The summed E-state index contributed by atoms with van der Waals surface area (Å²) in [6, 6.07) is 6.19. The van der Waals surface area contributed by atoms with Crippen molar-refractivity contribution in [2.45, 2.75) is 6.92 Å². The van der Waals surface area contributed by atoms with Gasteiger partial charge in [-0.3, -0.25) is 10.3 Å². The molecule has 22 heavy (non-hydrogen) atoms. The fraction of sp³-hybridized carbons (Fsp3) is 0.467. The lowest BCUT2D eigenvalue weighted by atomic mass is 10.1. The Bertz CT molecular complexity index is 515. The van der Waals surface area contributed by atoms with E-state index in [-0.39, 0.29) is 5.82 Å². The Morgan fingerprint density at radius 1 is 1.32 bits per heavy atom. The Balaban J connectivity index is 1.69. The molecule has 2 N–H and O–H groups in total. The van der Waals surface area contributed by atoms with E-state index < -0.39 is 0 Å². The highest BCUT2D eigenvalue weighted by Crippen LogP contribution is 2.03. The van der Waals surface area contributed by atoms with E-state index in [1.54, 1.807) is 12.1 Å². The van der Waals surface area contributed by atoms with Crippen molar-refractivity contribution in [3.8, 4) is 0 Å². The molecule has 1 heterocycles. The van der Waals surface area contributed by atoms with Gasteiger partial charge in [-0.05, 0) is 36.8 Å². The van der Waals surface area contributed by atoms with Crippen LogP contribution in [0.4, 0.5) is 4.39 Å². The highest BCUT2D eigenvalue weighted by atomic mass is 32.1. The predicted octanol–water partition coefficient (Wildman–Crippen LogP) is 1.35. The van der Waals surface area contributed by atoms with Crippen molar-refractivity contribution in [2.75, 3.05) is 39.4 Å². The van der Waals surface area contributed by atoms with Crippen molar-refractivity contribution in [1.82, 2.24) is 15.6 Å². The van der Waals surface area contributed by atoms with Crippen LogP contribution < -0.4 is 10.7 Å². The zero-order valence-electron chi connectivity index (χ0n) is 12.6. The predicted molar refractivity (Wildman–Crippen MR) is 89.6 cm³/mol. The molecule has 0 radical (unpaired) electrons. The van der Waals surface area contributed by atoms with Gasteiger partial charge in [0.15, 0.2) is 5.11 Å². The maximum absolute atomic E-state index is 12.9. The van der Waals surface area contributed by atoms with Gasteiger partial charge in [-0.15, -0.1) is 0 Å². The van der Waals surface area contributed by atoms with E-state index in [0.717, 1.165) is 50.7 Å². The van der Waals surface area contributed by atoms with Crippen molar-refractivity contribution in [3.63, 3.8) is 0 Å². The Morgan fingerprint density at radius 2 is 2.00 bits per heavy atom. The van der Waals surface area contributed by atoms with E-state index in [1.807, 2.05) is 6.92 Å². The molecule has 0 amide bonds. The van der Waals surface area contributed by atoms with Crippen LogP contribution in [0.1, 0.15) is 12.5 Å². The number of thiocarbonyl (C=S) groups is 1. The third-order valence-electron chi connectivity index (χ3n) is 3.40. The highest BCUT2D eigenvalue weighted by molar-refractivity contribution is 7.80. The Kier molecular flexibility index (Phi) is 6.70. The number of rotatable bonds is 5. The Hall–Kier alpha value is -1.57. The van der Waals surface area contributed by atoms with Gasteiger partial charge in [0.25, 0.3) is 0 Å². The number of hydrogen-bond donors (Lipinski definition) is 2. The first-order valence-corrected chi connectivity index (χ1v) is 7.70. The summed E-state index contributed by atoms with van der Waals surface area (Å²) < 4.78 is 18.2. The average molecular weight is 324 g/mol. The van der Waals surface area contributed by atoms with E-state index >= 15 is 0 Å². The number of halogens is 1. The minimum absolute atomic E-state index is 0.259. The van der Waals surface area contributed by atoms with Crippen LogP contribution in [-0.2, 0) is 4.74 Å². The first kappa shape index (κ1) is 16.8. The van der Waals surface area contributed by atoms with E-state index in [2.05, 4.69) is 20.7 Å². The molecule has 1 aliphatic rings. The molecule has 7 heteroatoms. The number of nitrogens with one attached hydrogen (secondary N) is 2. The summed E-state index contributed by atoms with van der Waals surface area (Å²) in [6.45, 7) is 7.04. The molecule has 0 bridgehead atoms. The molecule has 0 unspecified atom stereocenters. The summed E-state index contributed by atoms with van der Waals surface area (Å²) in [6.07, 6.45) is 0. The van der Waals surface area contributed by atoms with Crippen molar-refractivity contribution >= 4 is 23.0 Å². The van der Waals surface area contributed by atoms with E-state index in [4.69, 9.17) is 17.0 Å². The molecule has 0 saturated carbocycles. The van der Waals surface area contributed by atoms with Gasteiger partial charge >= 0.3 is 0 Å². The summed E-state index contributed by atoms with van der Waals surface area (Å²) in [5, 5.41) is 7.79. The molecule has 120 valence electrons. The Morgan fingerprint density at radius 3 is 2.68 bits per heavy atom. The van der Waals surface area contributed by atoms with Crippen molar-refractivity contribution < 1.29 is 9.13 Å². The topological polar surface area (TPSA) is 48.9 Å². The zero-order valence-corrected chi connectivity index (χ0v) is 13.5. The second kappa shape index (κ2) is 8.77. The zero-order chi connectivity index (χ0) is 15.8. The Labute approximate surface area is 135 Å². The van der Waals surface area contributed by atoms with Crippen molar-refractivity contribution in [2.24, 2.45) is 5.10 Å². The number of morpholine rings is 1.